The van der Waals surface area contributed by atoms with Crippen LogP contribution in [0.2, 0.25) is 10.0 Å². The summed E-state index contributed by atoms with van der Waals surface area (Å²) in [4.78, 5) is 12.2. The third kappa shape index (κ3) is 4.38. The molecule has 21 heavy (non-hydrogen) atoms. The van der Waals surface area contributed by atoms with Gasteiger partial charge in [-0.1, -0.05) is 40.9 Å². The van der Waals surface area contributed by atoms with Gasteiger partial charge in [0.2, 0.25) is 5.91 Å². The lowest BCUT2D eigenvalue weighted by atomic mass is 10.2. The highest BCUT2D eigenvalue weighted by molar-refractivity contribution is 6.35. The van der Waals surface area contributed by atoms with Gasteiger partial charge in [-0.3, -0.25) is 4.79 Å². The number of hydrogen-bond donors (Lipinski definition) is 2. The number of aryl methyl sites for hydroxylation is 1. The Bertz CT molecular complexity index is 641. The fourth-order valence-electron chi connectivity index (χ4n) is 1.80. The summed E-state index contributed by atoms with van der Waals surface area (Å²) >= 11 is 11.9. The number of carbonyl (C=O) groups is 1. The number of rotatable bonds is 4. The fourth-order valence-corrected chi connectivity index (χ4v) is 2.14. The van der Waals surface area contributed by atoms with E-state index in [0.717, 1.165) is 5.69 Å². The van der Waals surface area contributed by atoms with Crippen molar-refractivity contribution in [2.24, 2.45) is 0 Å². The number of halogens is 2. The van der Waals surface area contributed by atoms with Gasteiger partial charge in [0.1, 0.15) is 6.04 Å². The molecule has 1 atom stereocenters. The Labute approximate surface area is 134 Å². The number of anilines is 2. The maximum absolute atomic E-state index is 12.2. The van der Waals surface area contributed by atoms with Crippen LogP contribution >= 0.6 is 23.2 Å². The monoisotopic (exact) mass is 322 g/mol. The van der Waals surface area contributed by atoms with E-state index in [4.69, 9.17) is 23.2 Å². The van der Waals surface area contributed by atoms with Gasteiger partial charge < -0.3 is 10.6 Å². The van der Waals surface area contributed by atoms with Crippen LogP contribution in [0, 0.1) is 6.92 Å². The maximum Gasteiger partial charge on any atom is 0.246 e. The van der Waals surface area contributed by atoms with Crippen LogP contribution in [0.25, 0.3) is 0 Å². The molecule has 2 N–H and O–H groups in total. The standard InChI is InChI=1S/C16H16Cl2N2O/c1-10-3-6-13(7-4-10)19-11(2)16(21)20-15-9-12(17)5-8-14(15)18/h3-9,11,19H,1-2H3,(H,20,21). The fraction of sp³-hybridized carbons (Fsp3) is 0.188. The lowest BCUT2D eigenvalue weighted by molar-refractivity contribution is -0.116. The van der Waals surface area contributed by atoms with Gasteiger partial charge in [0, 0.05) is 10.7 Å². The number of benzene rings is 2. The first-order valence-corrected chi connectivity index (χ1v) is 7.30. The van der Waals surface area contributed by atoms with Crippen LogP contribution in [0.4, 0.5) is 11.4 Å². The molecule has 0 heterocycles. The maximum atomic E-state index is 12.2. The first-order valence-electron chi connectivity index (χ1n) is 6.55. The molecule has 2 rings (SSSR count). The van der Waals surface area contributed by atoms with E-state index < -0.39 is 6.04 Å². The van der Waals surface area contributed by atoms with Crippen molar-refractivity contribution in [3.8, 4) is 0 Å². The first-order chi connectivity index (χ1) is 9.95. The number of carbonyl (C=O) groups excluding carboxylic acids is 1. The number of hydrogen-bond acceptors (Lipinski definition) is 2. The molecule has 0 saturated carbocycles. The van der Waals surface area contributed by atoms with Gasteiger partial charge in [-0.15, -0.1) is 0 Å². The molecule has 0 aromatic heterocycles. The van der Waals surface area contributed by atoms with Crippen molar-refractivity contribution >= 4 is 40.5 Å². The molecule has 1 unspecified atom stereocenters. The number of amides is 1. The highest BCUT2D eigenvalue weighted by Gasteiger charge is 2.14. The quantitative estimate of drug-likeness (QED) is 0.853. The zero-order chi connectivity index (χ0) is 15.4. The minimum atomic E-state index is -0.400. The predicted octanol–water partition coefficient (Wildman–Crippen LogP) is 4.74. The molecule has 0 fully saturated rings. The van der Waals surface area contributed by atoms with Gasteiger partial charge in [0.05, 0.1) is 10.7 Å². The van der Waals surface area contributed by atoms with Gasteiger partial charge >= 0.3 is 0 Å². The molecule has 0 bridgehead atoms. The zero-order valence-electron chi connectivity index (χ0n) is 11.8. The topological polar surface area (TPSA) is 41.1 Å². The minimum Gasteiger partial charge on any atom is -0.374 e. The van der Waals surface area contributed by atoms with E-state index in [1.165, 1.54) is 5.56 Å². The summed E-state index contributed by atoms with van der Waals surface area (Å²) in [6.07, 6.45) is 0. The predicted molar refractivity (Wildman–Crippen MR) is 89.4 cm³/mol. The summed E-state index contributed by atoms with van der Waals surface area (Å²) in [5.74, 6) is -0.181. The molecule has 0 aliphatic carbocycles. The second kappa shape index (κ2) is 6.83. The molecule has 0 aliphatic heterocycles. The van der Waals surface area contributed by atoms with Crippen LogP contribution in [-0.4, -0.2) is 11.9 Å². The molecule has 2 aromatic carbocycles. The SMILES string of the molecule is Cc1ccc(NC(C)C(=O)Nc2cc(Cl)ccc2Cl)cc1. The molecule has 3 nitrogen and oxygen atoms in total. The van der Waals surface area contributed by atoms with Crippen LogP contribution in [0.3, 0.4) is 0 Å². The van der Waals surface area contributed by atoms with Crippen molar-refractivity contribution in [1.29, 1.82) is 0 Å². The van der Waals surface area contributed by atoms with E-state index in [9.17, 15) is 4.79 Å². The summed E-state index contributed by atoms with van der Waals surface area (Å²) in [5.41, 5.74) is 2.57. The molecule has 2 aromatic rings. The van der Waals surface area contributed by atoms with Gasteiger partial charge in [-0.25, -0.2) is 0 Å². The summed E-state index contributed by atoms with van der Waals surface area (Å²) in [6, 6.07) is 12.4. The van der Waals surface area contributed by atoms with Crippen LogP contribution in [-0.2, 0) is 4.79 Å². The van der Waals surface area contributed by atoms with E-state index in [1.807, 2.05) is 31.2 Å². The van der Waals surface area contributed by atoms with Crippen molar-refractivity contribution in [3.63, 3.8) is 0 Å². The molecular formula is C16H16Cl2N2O. The van der Waals surface area contributed by atoms with Crippen molar-refractivity contribution in [3.05, 3.63) is 58.1 Å². The van der Waals surface area contributed by atoms with Crippen LogP contribution < -0.4 is 10.6 Å². The first kappa shape index (κ1) is 15.7. The Morgan fingerprint density at radius 3 is 2.43 bits per heavy atom. The number of nitrogens with one attached hydrogen (secondary N) is 2. The lowest BCUT2D eigenvalue weighted by Crippen LogP contribution is -2.31. The Kier molecular flexibility index (Phi) is 5.10. The minimum absolute atomic E-state index is 0.181. The van der Waals surface area contributed by atoms with E-state index >= 15 is 0 Å². The summed E-state index contributed by atoms with van der Waals surface area (Å²) in [6.45, 7) is 3.80. The van der Waals surface area contributed by atoms with Crippen molar-refractivity contribution in [2.75, 3.05) is 10.6 Å². The third-order valence-corrected chi connectivity index (χ3v) is 3.58. The summed E-state index contributed by atoms with van der Waals surface area (Å²) < 4.78 is 0. The Morgan fingerprint density at radius 1 is 1.10 bits per heavy atom. The van der Waals surface area contributed by atoms with Gasteiger partial charge in [0.15, 0.2) is 0 Å². The lowest BCUT2D eigenvalue weighted by Gasteiger charge is -2.16. The van der Waals surface area contributed by atoms with Crippen molar-refractivity contribution in [2.45, 2.75) is 19.9 Å². The second-order valence-corrected chi connectivity index (χ2v) is 5.69. The Hall–Kier alpha value is -1.71. The average Bonchev–Trinajstić information content (AvgIpc) is 2.45. The normalized spacial score (nSPS) is 11.8. The van der Waals surface area contributed by atoms with Crippen LogP contribution in [0.1, 0.15) is 12.5 Å². The smallest absolute Gasteiger partial charge is 0.246 e. The molecule has 1 amide bonds. The zero-order valence-corrected chi connectivity index (χ0v) is 13.3. The van der Waals surface area contributed by atoms with Crippen LogP contribution in [0.5, 0.6) is 0 Å². The van der Waals surface area contributed by atoms with Gasteiger partial charge in [-0.05, 0) is 44.2 Å². The summed E-state index contributed by atoms with van der Waals surface area (Å²) in [5, 5.41) is 6.88. The molecule has 0 radical (unpaired) electrons. The molecule has 110 valence electrons. The van der Waals surface area contributed by atoms with E-state index in [1.54, 1.807) is 25.1 Å². The van der Waals surface area contributed by atoms with E-state index in [-0.39, 0.29) is 5.91 Å². The molecular weight excluding hydrogens is 307 g/mol. The second-order valence-electron chi connectivity index (χ2n) is 4.85. The molecule has 0 aliphatic rings. The van der Waals surface area contributed by atoms with Crippen molar-refractivity contribution < 1.29 is 4.79 Å². The Morgan fingerprint density at radius 2 is 1.76 bits per heavy atom. The average molecular weight is 323 g/mol. The highest BCUT2D eigenvalue weighted by atomic mass is 35.5. The summed E-state index contributed by atoms with van der Waals surface area (Å²) in [7, 11) is 0. The largest absolute Gasteiger partial charge is 0.374 e. The Balaban J connectivity index is 2.02. The third-order valence-electron chi connectivity index (χ3n) is 3.01. The van der Waals surface area contributed by atoms with Gasteiger partial charge in [0.25, 0.3) is 0 Å². The molecule has 5 heteroatoms. The highest BCUT2D eigenvalue weighted by Crippen LogP contribution is 2.25. The van der Waals surface area contributed by atoms with Crippen LogP contribution in [0.15, 0.2) is 42.5 Å². The molecule has 0 saturated heterocycles. The van der Waals surface area contributed by atoms with E-state index in [2.05, 4.69) is 10.6 Å². The molecule has 0 spiro atoms. The van der Waals surface area contributed by atoms with Gasteiger partial charge in [-0.2, -0.15) is 0 Å². The van der Waals surface area contributed by atoms with Crippen molar-refractivity contribution in [1.82, 2.24) is 0 Å². The van der Waals surface area contributed by atoms with E-state index in [0.29, 0.717) is 15.7 Å².